The maximum absolute atomic E-state index is 9.33. The topological polar surface area (TPSA) is 23.5 Å². The first kappa shape index (κ1) is 11.5. The molecule has 1 rings (SSSR count). The first-order valence-corrected chi connectivity index (χ1v) is 5.22. The molecule has 0 saturated carbocycles. The van der Waals surface area contributed by atoms with E-state index in [0.29, 0.717) is 12.4 Å². The van der Waals surface area contributed by atoms with Gasteiger partial charge in [0, 0.05) is 19.0 Å². The van der Waals surface area contributed by atoms with Crippen LogP contribution in [0.2, 0.25) is 0 Å². The Bertz CT molecular complexity index is 253. The van der Waals surface area contributed by atoms with E-state index in [1.807, 2.05) is 25.2 Å². The molecule has 0 aliphatic carbocycles. The van der Waals surface area contributed by atoms with Crippen LogP contribution >= 0.6 is 11.6 Å². The highest BCUT2D eigenvalue weighted by Gasteiger charge is 2.06. The van der Waals surface area contributed by atoms with Gasteiger partial charge in [-0.25, -0.2) is 0 Å². The fourth-order valence-electron chi connectivity index (χ4n) is 1.37. The summed E-state index contributed by atoms with van der Waals surface area (Å²) in [5, 5.41) is 9.33. The molecule has 0 aromatic heterocycles. The minimum atomic E-state index is -0.439. The van der Waals surface area contributed by atoms with Crippen LogP contribution in [0.25, 0.3) is 0 Å². The highest BCUT2D eigenvalue weighted by atomic mass is 35.5. The molecule has 0 radical (unpaired) electrons. The van der Waals surface area contributed by atoms with E-state index in [1.54, 1.807) is 0 Å². The van der Waals surface area contributed by atoms with Gasteiger partial charge in [-0.15, -0.1) is 11.6 Å². The van der Waals surface area contributed by atoms with Crippen LogP contribution in [-0.4, -0.2) is 35.6 Å². The molecule has 0 aliphatic heterocycles. The van der Waals surface area contributed by atoms with Crippen LogP contribution in [0.5, 0.6) is 0 Å². The van der Waals surface area contributed by atoms with Crippen molar-refractivity contribution in [2.24, 2.45) is 0 Å². The van der Waals surface area contributed by atoms with Gasteiger partial charge in [-0.1, -0.05) is 30.3 Å². The predicted octanol–water partition coefficient (Wildman–Crippen LogP) is 1.72. The summed E-state index contributed by atoms with van der Waals surface area (Å²) in [6.45, 7) is 1.45. The molecule has 78 valence electrons. The second-order valence-corrected chi connectivity index (χ2v) is 3.80. The number of rotatable bonds is 5. The van der Waals surface area contributed by atoms with Gasteiger partial charge in [0.05, 0.1) is 6.10 Å². The molecule has 1 atom stereocenters. The average molecular weight is 214 g/mol. The third-order valence-corrected chi connectivity index (χ3v) is 2.35. The normalized spacial score (nSPS) is 13.1. The van der Waals surface area contributed by atoms with Crippen molar-refractivity contribution in [3.05, 3.63) is 35.9 Å². The molecule has 0 spiro atoms. The number of likely N-dealkylation sites (N-methyl/N-ethyl adjacent to an activating group) is 1. The summed E-state index contributed by atoms with van der Waals surface area (Å²) < 4.78 is 0. The number of hydrogen-bond acceptors (Lipinski definition) is 2. The van der Waals surface area contributed by atoms with Gasteiger partial charge in [0.25, 0.3) is 0 Å². The lowest BCUT2D eigenvalue weighted by atomic mass is 10.2. The number of aliphatic hydroxyl groups is 1. The average Bonchev–Trinajstić information content (AvgIpc) is 2.19. The summed E-state index contributed by atoms with van der Waals surface area (Å²) in [5.41, 5.74) is 1.25. The quantitative estimate of drug-likeness (QED) is 0.753. The highest BCUT2D eigenvalue weighted by Crippen LogP contribution is 2.03. The fraction of sp³-hybridized carbons (Fsp3) is 0.455. The Morgan fingerprint density at radius 2 is 2.00 bits per heavy atom. The molecule has 0 bridgehead atoms. The molecule has 0 unspecified atom stereocenters. The third kappa shape index (κ3) is 4.09. The van der Waals surface area contributed by atoms with Crippen LogP contribution < -0.4 is 0 Å². The zero-order valence-electron chi connectivity index (χ0n) is 8.36. The van der Waals surface area contributed by atoms with Gasteiger partial charge in [-0.05, 0) is 12.6 Å². The Balaban J connectivity index is 2.37. The number of aliphatic hydroxyl groups excluding tert-OH is 1. The Morgan fingerprint density at radius 3 is 2.57 bits per heavy atom. The molecule has 0 heterocycles. The lowest BCUT2D eigenvalue weighted by Crippen LogP contribution is -2.29. The van der Waals surface area contributed by atoms with Gasteiger partial charge in [0.2, 0.25) is 0 Å². The monoisotopic (exact) mass is 213 g/mol. The standard InChI is InChI=1S/C11H16ClNO/c1-13(9-11(14)7-12)8-10-5-3-2-4-6-10/h2-6,11,14H,7-9H2,1H3/t11-/m1/s1. The van der Waals surface area contributed by atoms with Crippen molar-refractivity contribution >= 4 is 11.6 Å². The molecule has 0 aliphatic rings. The van der Waals surface area contributed by atoms with Crippen LogP contribution in [-0.2, 0) is 6.54 Å². The number of benzene rings is 1. The number of nitrogens with zero attached hydrogens (tertiary/aromatic N) is 1. The Morgan fingerprint density at radius 1 is 1.36 bits per heavy atom. The summed E-state index contributed by atoms with van der Waals surface area (Å²) in [6.07, 6.45) is -0.439. The second-order valence-electron chi connectivity index (χ2n) is 3.49. The van der Waals surface area contributed by atoms with Crippen LogP contribution in [0.1, 0.15) is 5.56 Å². The van der Waals surface area contributed by atoms with Gasteiger partial charge < -0.3 is 5.11 Å². The summed E-state index contributed by atoms with van der Waals surface area (Å²) in [5.74, 6) is 0.291. The molecule has 14 heavy (non-hydrogen) atoms. The Labute approximate surface area is 90.1 Å². The number of alkyl halides is 1. The molecular weight excluding hydrogens is 198 g/mol. The molecule has 0 fully saturated rings. The summed E-state index contributed by atoms with van der Waals surface area (Å²) in [6, 6.07) is 10.2. The van der Waals surface area contributed by atoms with Gasteiger partial charge in [0.1, 0.15) is 0 Å². The van der Waals surface area contributed by atoms with Crippen molar-refractivity contribution in [3.63, 3.8) is 0 Å². The molecule has 3 heteroatoms. The van der Waals surface area contributed by atoms with Gasteiger partial charge in [-0.2, -0.15) is 0 Å². The summed E-state index contributed by atoms with van der Waals surface area (Å²) in [7, 11) is 1.97. The first-order valence-electron chi connectivity index (χ1n) is 4.69. The van der Waals surface area contributed by atoms with E-state index >= 15 is 0 Å². The van der Waals surface area contributed by atoms with Crippen molar-refractivity contribution in [2.75, 3.05) is 19.5 Å². The predicted molar refractivity (Wildman–Crippen MR) is 59.5 cm³/mol. The van der Waals surface area contributed by atoms with Crippen molar-refractivity contribution in [1.82, 2.24) is 4.90 Å². The Hall–Kier alpha value is -0.570. The molecule has 0 saturated heterocycles. The van der Waals surface area contributed by atoms with E-state index in [0.717, 1.165) is 6.54 Å². The van der Waals surface area contributed by atoms with E-state index in [4.69, 9.17) is 11.6 Å². The third-order valence-electron chi connectivity index (χ3n) is 2.00. The molecule has 1 aromatic rings. The SMILES string of the molecule is CN(Cc1ccccc1)C[C@H](O)CCl. The van der Waals surface area contributed by atoms with Crippen LogP contribution in [0.15, 0.2) is 30.3 Å². The molecular formula is C11H16ClNO. The minimum absolute atomic E-state index is 0.291. The van der Waals surface area contributed by atoms with Crippen LogP contribution in [0.4, 0.5) is 0 Å². The van der Waals surface area contributed by atoms with Gasteiger partial charge >= 0.3 is 0 Å². The maximum atomic E-state index is 9.33. The van der Waals surface area contributed by atoms with E-state index in [1.165, 1.54) is 5.56 Å². The largest absolute Gasteiger partial charge is 0.391 e. The van der Waals surface area contributed by atoms with Gasteiger partial charge in [-0.3, -0.25) is 4.90 Å². The minimum Gasteiger partial charge on any atom is -0.391 e. The van der Waals surface area contributed by atoms with E-state index in [9.17, 15) is 5.11 Å². The Kier molecular flexibility index (Phi) is 4.94. The smallest absolute Gasteiger partial charge is 0.0802 e. The molecule has 1 aromatic carbocycles. The van der Waals surface area contributed by atoms with E-state index < -0.39 is 6.10 Å². The molecule has 0 amide bonds. The maximum Gasteiger partial charge on any atom is 0.0802 e. The zero-order valence-corrected chi connectivity index (χ0v) is 9.11. The summed E-state index contributed by atoms with van der Waals surface area (Å²) in [4.78, 5) is 2.06. The number of halogens is 1. The van der Waals surface area contributed by atoms with Crippen LogP contribution in [0.3, 0.4) is 0 Å². The van der Waals surface area contributed by atoms with Crippen molar-refractivity contribution in [3.8, 4) is 0 Å². The number of hydrogen-bond donors (Lipinski definition) is 1. The lowest BCUT2D eigenvalue weighted by molar-refractivity contribution is 0.141. The van der Waals surface area contributed by atoms with Crippen molar-refractivity contribution in [2.45, 2.75) is 12.6 Å². The lowest BCUT2D eigenvalue weighted by Gasteiger charge is -2.19. The molecule has 1 N–H and O–H groups in total. The zero-order chi connectivity index (χ0) is 10.4. The van der Waals surface area contributed by atoms with E-state index in [-0.39, 0.29) is 0 Å². The van der Waals surface area contributed by atoms with Crippen LogP contribution in [0, 0.1) is 0 Å². The van der Waals surface area contributed by atoms with Gasteiger partial charge in [0.15, 0.2) is 0 Å². The first-order chi connectivity index (χ1) is 6.72. The van der Waals surface area contributed by atoms with E-state index in [2.05, 4.69) is 17.0 Å². The molecule has 2 nitrogen and oxygen atoms in total. The summed E-state index contributed by atoms with van der Waals surface area (Å²) >= 11 is 5.52. The second kappa shape index (κ2) is 6.02. The van der Waals surface area contributed by atoms with Crippen molar-refractivity contribution < 1.29 is 5.11 Å². The highest BCUT2D eigenvalue weighted by molar-refractivity contribution is 6.18. The fourth-order valence-corrected chi connectivity index (χ4v) is 1.47. The van der Waals surface area contributed by atoms with Crippen molar-refractivity contribution in [1.29, 1.82) is 0 Å².